The van der Waals surface area contributed by atoms with Gasteiger partial charge >= 0.3 is 12.0 Å². The molecule has 1 unspecified atom stereocenters. The van der Waals surface area contributed by atoms with E-state index in [2.05, 4.69) is 5.92 Å². The van der Waals surface area contributed by atoms with E-state index >= 15 is 0 Å². The fraction of sp³-hybridized carbons (Fsp3) is 0.667. The lowest BCUT2D eigenvalue weighted by Crippen LogP contribution is -2.48. The number of urea groups is 1. The number of amides is 2. The number of hydrogen-bond donors (Lipinski definition) is 1. The van der Waals surface area contributed by atoms with Gasteiger partial charge in [-0.15, -0.1) is 6.42 Å². The molecule has 1 heterocycles. The third-order valence-corrected chi connectivity index (χ3v) is 2.83. The molecule has 0 radical (unpaired) electrons. The number of carbonyl (C=O) groups is 2. The van der Waals surface area contributed by atoms with Crippen molar-refractivity contribution in [3.8, 4) is 12.3 Å². The number of rotatable bonds is 4. The van der Waals surface area contributed by atoms with E-state index in [1.807, 2.05) is 6.92 Å². The lowest BCUT2D eigenvalue weighted by Gasteiger charge is -2.28. The van der Waals surface area contributed by atoms with Crippen LogP contribution in [-0.2, 0) is 4.79 Å². The van der Waals surface area contributed by atoms with E-state index in [-0.39, 0.29) is 12.6 Å². The van der Waals surface area contributed by atoms with Crippen LogP contribution in [0.1, 0.15) is 26.2 Å². The Labute approximate surface area is 101 Å². The number of carboxylic acids is 1. The number of carboxylic acid groups (broad SMARTS) is 1. The summed E-state index contributed by atoms with van der Waals surface area (Å²) in [7, 11) is 0. The highest BCUT2D eigenvalue weighted by atomic mass is 16.4. The van der Waals surface area contributed by atoms with Crippen LogP contribution in [-0.4, -0.2) is 52.6 Å². The van der Waals surface area contributed by atoms with Gasteiger partial charge in [-0.3, -0.25) is 0 Å². The molecule has 1 saturated heterocycles. The molecule has 94 valence electrons. The van der Waals surface area contributed by atoms with Crippen LogP contribution >= 0.6 is 0 Å². The highest BCUT2D eigenvalue weighted by molar-refractivity contribution is 5.83. The number of aliphatic carboxylic acids is 1. The third-order valence-electron chi connectivity index (χ3n) is 2.83. The van der Waals surface area contributed by atoms with Crippen molar-refractivity contribution in [3.05, 3.63) is 0 Å². The summed E-state index contributed by atoms with van der Waals surface area (Å²) in [5.41, 5.74) is 0. The minimum absolute atomic E-state index is 0.232. The molecule has 1 atom stereocenters. The summed E-state index contributed by atoms with van der Waals surface area (Å²) in [5.74, 6) is 1.50. The van der Waals surface area contributed by atoms with E-state index in [1.54, 1.807) is 0 Å². The quantitative estimate of drug-likeness (QED) is 0.743. The first-order valence-electron chi connectivity index (χ1n) is 5.83. The first kappa shape index (κ1) is 13.4. The maximum atomic E-state index is 12.1. The molecule has 1 N–H and O–H groups in total. The van der Waals surface area contributed by atoms with Crippen LogP contribution in [0, 0.1) is 12.3 Å². The van der Waals surface area contributed by atoms with E-state index < -0.39 is 12.0 Å². The summed E-state index contributed by atoms with van der Waals surface area (Å²) in [5, 5.41) is 9.02. The SMILES string of the molecule is C#CCN(CCC)C(=O)N1CCCC1C(=O)O. The second-order valence-electron chi connectivity index (χ2n) is 4.10. The van der Waals surface area contributed by atoms with Gasteiger partial charge in [0.15, 0.2) is 0 Å². The first-order chi connectivity index (χ1) is 8.11. The Hall–Kier alpha value is -1.70. The molecule has 1 fully saturated rings. The van der Waals surface area contributed by atoms with E-state index in [9.17, 15) is 9.59 Å². The van der Waals surface area contributed by atoms with Gasteiger partial charge in [-0.2, -0.15) is 0 Å². The molecule has 5 nitrogen and oxygen atoms in total. The molecule has 0 aromatic rings. The smallest absolute Gasteiger partial charge is 0.326 e. The lowest BCUT2D eigenvalue weighted by atomic mass is 10.2. The number of hydrogen-bond acceptors (Lipinski definition) is 2. The molecule has 0 saturated carbocycles. The molecule has 2 amide bonds. The van der Waals surface area contributed by atoms with Gasteiger partial charge in [0.2, 0.25) is 0 Å². The summed E-state index contributed by atoms with van der Waals surface area (Å²) in [6, 6.07) is -0.950. The molecular weight excluding hydrogens is 220 g/mol. The van der Waals surface area contributed by atoms with Crippen LogP contribution in [0.15, 0.2) is 0 Å². The van der Waals surface area contributed by atoms with Gasteiger partial charge in [0.25, 0.3) is 0 Å². The van der Waals surface area contributed by atoms with Crippen molar-refractivity contribution in [3.63, 3.8) is 0 Å². The number of likely N-dealkylation sites (tertiary alicyclic amines) is 1. The van der Waals surface area contributed by atoms with Gasteiger partial charge in [0.1, 0.15) is 6.04 Å². The third kappa shape index (κ3) is 3.13. The van der Waals surface area contributed by atoms with Crippen molar-refractivity contribution in [1.82, 2.24) is 9.80 Å². The Bertz CT molecular complexity index is 335. The van der Waals surface area contributed by atoms with E-state index in [0.29, 0.717) is 19.5 Å². The molecule has 0 bridgehead atoms. The lowest BCUT2D eigenvalue weighted by molar-refractivity contribution is -0.141. The standard InChI is InChI=1S/C12H18N2O3/c1-3-7-13(8-4-2)12(17)14-9-5-6-10(14)11(15)16/h1,10H,4-9H2,2H3,(H,15,16). The minimum Gasteiger partial charge on any atom is -0.480 e. The molecule has 0 aromatic carbocycles. The van der Waals surface area contributed by atoms with Gasteiger partial charge in [0, 0.05) is 13.1 Å². The number of terminal acetylenes is 1. The van der Waals surface area contributed by atoms with Crippen LogP contribution < -0.4 is 0 Å². The second-order valence-corrected chi connectivity index (χ2v) is 4.10. The van der Waals surface area contributed by atoms with Crippen LogP contribution in [0.5, 0.6) is 0 Å². The fourth-order valence-electron chi connectivity index (χ4n) is 2.06. The highest BCUT2D eigenvalue weighted by Gasteiger charge is 2.35. The molecule has 17 heavy (non-hydrogen) atoms. The predicted molar refractivity (Wildman–Crippen MR) is 63.5 cm³/mol. The molecular formula is C12H18N2O3. The predicted octanol–water partition coefficient (Wildman–Crippen LogP) is 1.00. The van der Waals surface area contributed by atoms with Crippen LogP contribution in [0.3, 0.4) is 0 Å². The van der Waals surface area contributed by atoms with Crippen molar-refractivity contribution in [2.75, 3.05) is 19.6 Å². The summed E-state index contributed by atoms with van der Waals surface area (Å²) < 4.78 is 0. The molecule has 0 spiro atoms. The first-order valence-corrected chi connectivity index (χ1v) is 5.83. The van der Waals surface area contributed by atoms with Crippen LogP contribution in [0.25, 0.3) is 0 Å². The van der Waals surface area contributed by atoms with Gasteiger partial charge in [-0.05, 0) is 19.3 Å². The van der Waals surface area contributed by atoms with E-state index in [1.165, 1.54) is 9.80 Å². The van der Waals surface area contributed by atoms with Gasteiger partial charge < -0.3 is 14.9 Å². The maximum Gasteiger partial charge on any atom is 0.326 e. The molecule has 1 aliphatic heterocycles. The van der Waals surface area contributed by atoms with E-state index in [4.69, 9.17) is 11.5 Å². The van der Waals surface area contributed by atoms with Crippen molar-refractivity contribution < 1.29 is 14.7 Å². The van der Waals surface area contributed by atoms with Gasteiger partial charge in [-0.25, -0.2) is 9.59 Å². The normalized spacial score (nSPS) is 18.8. The van der Waals surface area contributed by atoms with Crippen molar-refractivity contribution >= 4 is 12.0 Å². The zero-order valence-electron chi connectivity index (χ0n) is 10.1. The number of nitrogens with zero attached hydrogens (tertiary/aromatic N) is 2. The number of carbonyl (C=O) groups excluding carboxylic acids is 1. The Balaban J connectivity index is 2.72. The summed E-state index contributed by atoms with van der Waals surface area (Å²) in [6.07, 6.45) is 7.28. The fourth-order valence-corrected chi connectivity index (χ4v) is 2.06. The largest absolute Gasteiger partial charge is 0.480 e. The minimum atomic E-state index is -0.937. The Morgan fingerprint density at radius 1 is 1.59 bits per heavy atom. The van der Waals surface area contributed by atoms with Crippen LogP contribution in [0.4, 0.5) is 4.79 Å². The van der Waals surface area contributed by atoms with Crippen molar-refractivity contribution in [2.24, 2.45) is 0 Å². The van der Waals surface area contributed by atoms with Crippen molar-refractivity contribution in [1.29, 1.82) is 0 Å². The Morgan fingerprint density at radius 3 is 2.82 bits per heavy atom. The Kier molecular flexibility index (Phi) is 4.83. The zero-order valence-corrected chi connectivity index (χ0v) is 10.1. The van der Waals surface area contributed by atoms with Gasteiger partial charge in [0.05, 0.1) is 6.54 Å². The molecule has 1 rings (SSSR count). The molecule has 1 aliphatic rings. The summed E-state index contributed by atoms with van der Waals surface area (Å²) in [6.45, 7) is 3.25. The van der Waals surface area contributed by atoms with Gasteiger partial charge in [-0.1, -0.05) is 12.8 Å². The van der Waals surface area contributed by atoms with Crippen LogP contribution in [0.2, 0.25) is 0 Å². The maximum absolute atomic E-state index is 12.1. The summed E-state index contributed by atoms with van der Waals surface area (Å²) >= 11 is 0. The summed E-state index contributed by atoms with van der Waals surface area (Å²) in [4.78, 5) is 26.1. The Morgan fingerprint density at radius 2 is 2.29 bits per heavy atom. The average Bonchev–Trinajstić information content (AvgIpc) is 2.76. The van der Waals surface area contributed by atoms with Crippen molar-refractivity contribution in [2.45, 2.75) is 32.2 Å². The average molecular weight is 238 g/mol. The molecule has 0 aliphatic carbocycles. The van der Waals surface area contributed by atoms with E-state index in [0.717, 1.165) is 12.8 Å². The zero-order chi connectivity index (χ0) is 12.8. The molecule has 0 aromatic heterocycles. The topological polar surface area (TPSA) is 60.9 Å². The second kappa shape index (κ2) is 6.14. The molecule has 5 heteroatoms. The monoisotopic (exact) mass is 238 g/mol. The highest BCUT2D eigenvalue weighted by Crippen LogP contribution is 2.19.